The van der Waals surface area contributed by atoms with Crippen LogP contribution < -0.4 is 4.74 Å². The summed E-state index contributed by atoms with van der Waals surface area (Å²) in [5, 5.41) is 21.7. The van der Waals surface area contributed by atoms with Crippen molar-refractivity contribution in [3.05, 3.63) is 113 Å². The molecular formula is C35H26F3NO7. The molecule has 0 bridgehead atoms. The molecular weight excluding hydrogens is 603 g/mol. The molecule has 0 unspecified atom stereocenters. The fraction of sp³-hybridized carbons (Fsp3) is 0.257. The molecule has 1 aliphatic heterocycles. The monoisotopic (exact) mass is 629 g/mol. The maximum absolute atomic E-state index is 14.8. The number of phenols is 1. The number of imide groups is 1. The van der Waals surface area contributed by atoms with Gasteiger partial charge in [-0.2, -0.15) is 5.06 Å². The van der Waals surface area contributed by atoms with Gasteiger partial charge in [-0.1, -0.05) is 72.3 Å². The van der Waals surface area contributed by atoms with Gasteiger partial charge in [-0.15, -0.1) is 13.2 Å². The second kappa shape index (κ2) is 10.5. The fourth-order valence-electron chi connectivity index (χ4n) is 8.16. The zero-order valence-electron chi connectivity index (χ0n) is 24.0. The number of hydroxylamine groups is 2. The van der Waals surface area contributed by atoms with Gasteiger partial charge in [0.2, 0.25) is 0 Å². The van der Waals surface area contributed by atoms with Gasteiger partial charge in [-0.25, -0.2) is 0 Å². The number of rotatable bonds is 4. The maximum Gasteiger partial charge on any atom is 0.573 e. The van der Waals surface area contributed by atoms with Crippen LogP contribution in [0.5, 0.6) is 11.5 Å². The van der Waals surface area contributed by atoms with Gasteiger partial charge in [-0.3, -0.25) is 24.4 Å². The number of fused-ring (bicyclic) bond motifs is 4. The first-order valence-electron chi connectivity index (χ1n) is 14.7. The largest absolute Gasteiger partial charge is 0.573 e. The predicted octanol–water partition coefficient (Wildman–Crippen LogP) is 5.50. The van der Waals surface area contributed by atoms with Crippen LogP contribution in [0.2, 0.25) is 0 Å². The number of nitrogens with zero attached hydrogens (tertiary/aromatic N) is 1. The highest BCUT2D eigenvalue weighted by Crippen LogP contribution is 2.64. The topological polar surface area (TPSA) is 121 Å². The number of allylic oxidation sites excluding steroid dienone is 4. The van der Waals surface area contributed by atoms with Crippen molar-refractivity contribution in [3.8, 4) is 11.5 Å². The Morgan fingerprint density at radius 2 is 1.54 bits per heavy atom. The zero-order chi connectivity index (χ0) is 32.5. The van der Waals surface area contributed by atoms with E-state index < -0.39 is 76.2 Å². The van der Waals surface area contributed by atoms with Crippen molar-refractivity contribution in [1.82, 2.24) is 5.06 Å². The number of alkyl halides is 3. The Balaban J connectivity index is 1.53. The van der Waals surface area contributed by atoms with Gasteiger partial charge in [-0.05, 0) is 54.2 Å². The van der Waals surface area contributed by atoms with E-state index in [2.05, 4.69) is 4.74 Å². The summed E-state index contributed by atoms with van der Waals surface area (Å²) in [6.07, 6.45) is -2.22. The van der Waals surface area contributed by atoms with Crippen molar-refractivity contribution in [2.75, 3.05) is 0 Å². The lowest BCUT2D eigenvalue weighted by Crippen LogP contribution is -2.58. The van der Waals surface area contributed by atoms with Crippen LogP contribution >= 0.6 is 0 Å². The minimum Gasteiger partial charge on any atom is -0.508 e. The van der Waals surface area contributed by atoms with E-state index in [1.54, 1.807) is 66.7 Å². The second-order valence-electron chi connectivity index (χ2n) is 12.0. The summed E-state index contributed by atoms with van der Waals surface area (Å²) in [6, 6.07) is 19.9. The molecule has 3 aliphatic carbocycles. The molecule has 1 saturated heterocycles. The van der Waals surface area contributed by atoms with Crippen LogP contribution in [0.15, 0.2) is 96.6 Å². The second-order valence-corrected chi connectivity index (χ2v) is 12.0. The molecule has 7 rings (SSSR count). The summed E-state index contributed by atoms with van der Waals surface area (Å²) in [5.74, 6) is -8.99. The van der Waals surface area contributed by atoms with Gasteiger partial charge in [0.25, 0.3) is 11.8 Å². The molecule has 1 heterocycles. The zero-order valence-corrected chi connectivity index (χ0v) is 24.0. The molecule has 2 N–H and O–H groups in total. The van der Waals surface area contributed by atoms with Gasteiger partial charge < -0.3 is 9.84 Å². The Hall–Kier alpha value is -5.03. The van der Waals surface area contributed by atoms with Crippen LogP contribution in [0.4, 0.5) is 13.2 Å². The highest BCUT2D eigenvalue weighted by atomic mass is 19.4. The Bertz CT molecular complexity index is 1850. The van der Waals surface area contributed by atoms with Gasteiger partial charge in [0.1, 0.15) is 11.5 Å². The van der Waals surface area contributed by atoms with Crippen molar-refractivity contribution < 1.29 is 47.4 Å². The number of ether oxygens (including phenoxy) is 1. The summed E-state index contributed by atoms with van der Waals surface area (Å²) in [4.78, 5) is 55.7. The third-order valence-corrected chi connectivity index (χ3v) is 9.90. The number of benzene rings is 3. The number of phenolic OH excluding ortho intramolecular Hbond substituents is 1. The molecule has 0 radical (unpaired) electrons. The first-order valence-corrected chi connectivity index (χ1v) is 14.7. The standard InChI is InChI=1S/C35H26F3NO7/c36-35(37,38)46-20-11-14-27(40)25(15-20)30-21-12-13-22-29(33(44)39(45)32(22)43)24(21)16-26-31(42)23(18-7-3-1-4-8-18)17-28(41)34(26,30)19-9-5-2-6-10-19/h1-12,14-15,17,22,24,26,29-30,40,45H,13,16H2/t22-,24+,26-,29-,30+,34-/m0/s1. The average molecular weight is 630 g/mol. The normalized spacial score (nSPS) is 29.0. The Kier molecular flexibility index (Phi) is 6.78. The summed E-state index contributed by atoms with van der Waals surface area (Å²) < 4.78 is 44.3. The Labute approximate surface area is 260 Å². The number of halogens is 3. The number of ketones is 2. The van der Waals surface area contributed by atoms with E-state index in [4.69, 9.17) is 0 Å². The van der Waals surface area contributed by atoms with Crippen molar-refractivity contribution >= 4 is 29.0 Å². The van der Waals surface area contributed by atoms with Crippen LogP contribution in [-0.2, 0) is 24.6 Å². The molecule has 0 aromatic heterocycles. The minimum absolute atomic E-state index is 0.00306. The molecule has 3 aromatic carbocycles. The molecule has 11 heteroatoms. The molecule has 0 spiro atoms. The van der Waals surface area contributed by atoms with Crippen molar-refractivity contribution in [3.63, 3.8) is 0 Å². The third kappa shape index (κ3) is 4.33. The van der Waals surface area contributed by atoms with Crippen molar-refractivity contribution in [1.29, 1.82) is 0 Å². The number of amides is 2. The van der Waals surface area contributed by atoms with Crippen LogP contribution in [0, 0.1) is 23.7 Å². The minimum atomic E-state index is -5.06. The Morgan fingerprint density at radius 3 is 2.22 bits per heavy atom. The van der Waals surface area contributed by atoms with Crippen LogP contribution in [-0.4, -0.2) is 45.1 Å². The molecule has 2 amide bonds. The lowest BCUT2D eigenvalue weighted by Gasteiger charge is -2.55. The molecule has 1 saturated carbocycles. The predicted molar refractivity (Wildman–Crippen MR) is 155 cm³/mol. The van der Waals surface area contributed by atoms with E-state index in [1.165, 1.54) is 6.08 Å². The number of carbonyl (C=O) groups excluding carboxylic acids is 4. The molecule has 8 nitrogen and oxygen atoms in total. The summed E-state index contributed by atoms with van der Waals surface area (Å²) in [7, 11) is 0. The fourth-order valence-corrected chi connectivity index (χ4v) is 8.16. The molecule has 2 fully saturated rings. The van der Waals surface area contributed by atoms with Gasteiger partial charge in [0.05, 0.1) is 17.3 Å². The van der Waals surface area contributed by atoms with E-state index in [-0.39, 0.29) is 29.0 Å². The van der Waals surface area contributed by atoms with Crippen LogP contribution in [0.1, 0.15) is 35.4 Å². The maximum atomic E-state index is 14.8. The molecule has 46 heavy (non-hydrogen) atoms. The first kappa shape index (κ1) is 29.7. The SMILES string of the molecule is O=C1C(c2ccccc2)=CC(=O)[C@@]2(c3ccccc3)[C@@H](c3cc(OC(F)(F)F)ccc3O)C3=CC[C@@H]4C(=O)N(O)C(=O)[C@@H]4[C@@H]3C[C@@H]12. The quantitative estimate of drug-likeness (QED) is 0.222. The number of hydrogen-bond donors (Lipinski definition) is 2. The molecule has 6 atom stereocenters. The summed E-state index contributed by atoms with van der Waals surface area (Å²) in [5.41, 5.74) is -0.441. The summed E-state index contributed by atoms with van der Waals surface area (Å²) >= 11 is 0. The molecule has 3 aromatic rings. The number of hydrogen-bond acceptors (Lipinski definition) is 7. The van der Waals surface area contributed by atoms with Gasteiger partial charge in [0.15, 0.2) is 11.6 Å². The first-order chi connectivity index (χ1) is 21.9. The lowest BCUT2D eigenvalue weighted by molar-refractivity contribution is -0.274. The number of aromatic hydroxyl groups is 1. The van der Waals surface area contributed by atoms with E-state index in [9.17, 15) is 42.7 Å². The number of Topliss-reactive ketones (excluding diaryl/α,β-unsaturated/α-hetero) is 1. The van der Waals surface area contributed by atoms with Crippen LogP contribution in [0.25, 0.3) is 5.57 Å². The summed E-state index contributed by atoms with van der Waals surface area (Å²) in [6.45, 7) is 0. The highest BCUT2D eigenvalue weighted by molar-refractivity contribution is 6.31. The molecule has 4 aliphatic rings. The van der Waals surface area contributed by atoms with E-state index in [1.807, 2.05) is 0 Å². The Morgan fingerprint density at radius 1 is 0.870 bits per heavy atom. The van der Waals surface area contributed by atoms with Crippen molar-refractivity contribution in [2.24, 2.45) is 23.7 Å². The smallest absolute Gasteiger partial charge is 0.508 e. The highest BCUT2D eigenvalue weighted by Gasteiger charge is 2.66. The molecule has 234 valence electrons. The van der Waals surface area contributed by atoms with Gasteiger partial charge >= 0.3 is 6.36 Å². The van der Waals surface area contributed by atoms with E-state index in [0.717, 1.165) is 18.2 Å². The van der Waals surface area contributed by atoms with E-state index in [0.29, 0.717) is 16.7 Å². The van der Waals surface area contributed by atoms with Gasteiger partial charge in [0, 0.05) is 23.0 Å². The lowest BCUT2D eigenvalue weighted by atomic mass is 9.44. The third-order valence-electron chi connectivity index (χ3n) is 9.90. The van der Waals surface area contributed by atoms with E-state index >= 15 is 0 Å². The number of carbonyl (C=O) groups is 4. The average Bonchev–Trinajstić information content (AvgIpc) is 3.26. The van der Waals surface area contributed by atoms with Crippen molar-refractivity contribution in [2.45, 2.75) is 30.5 Å². The van der Waals surface area contributed by atoms with Crippen LogP contribution in [0.3, 0.4) is 0 Å².